The number of piperidine rings is 1. The summed E-state index contributed by atoms with van der Waals surface area (Å²) in [5, 5.41) is 12.7. The first-order valence-electron chi connectivity index (χ1n) is 13.3. The molecule has 2 aliphatic rings. The monoisotopic (exact) mass is 516 g/mol. The zero-order valence-electron chi connectivity index (χ0n) is 21.7. The third-order valence-corrected chi connectivity index (χ3v) is 8.14. The van der Waals surface area contributed by atoms with E-state index in [0.29, 0.717) is 19.7 Å². The summed E-state index contributed by atoms with van der Waals surface area (Å²) in [5.74, 6) is 0.635. The molecule has 0 atom stereocenters. The molecule has 38 heavy (non-hydrogen) atoms. The summed E-state index contributed by atoms with van der Waals surface area (Å²) in [6.45, 7) is 3.84. The molecule has 1 N–H and O–H groups in total. The maximum Gasteiger partial charge on any atom is 0.226 e. The quantitative estimate of drug-likeness (QED) is 0.433. The van der Waals surface area contributed by atoms with Gasteiger partial charge in [-0.1, -0.05) is 23.4 Å². The minimum Gasteiger partial charge on any atom is -0.487 e. The minimum atomic E-state index is -0.440. The number of likely N-dealkylation sites (tertiary alicyclic amines) is 1. The van der Waals surface area contributed by atoms with Crippen molar-refractivity contribution in [3.05, 3.63) is 77.5 Å². The van der Waals surface area contributed by atoms with E-state index in [0.717, 1.165) is 78.8 Å². The Bertz CT molecular complexity index is 1450. The van der Waals surface area contributed by atoms with Crippen LogP contribution in [0.15, 0.2) is 54.9 Å². The second kappa shape index (κ2) is 10.2. The summed E-state index contributed by atoms with van der Waals surface area (Å²) in [5.41, 5.74) is 3.44. The molecule has 0 saturated carbocycles. The summed E-state index contributed by atoms with van der Waals surface area (Å²) >= 11 is 0. The molecular formula is C29H33FN6O2. The van der Waals surface area contributed by atoms with Gasteiger partial charge in [0.2, 0.25) is 5.91 Å². The number of amides is 1. The van der Waals surface area contributed by atoms with E-state index in [4.69, 9.17) is 4.74 Å². The fourth-order valence-electron chi connectivity index (χ4n) is 5.94. The Balaban J connectivity index is 1.20. The van der Waals surface area contributed by atoms with E-state index >= 15 is 0 Å². The van der Waals surface area contributed by atoms with Gasteiger partial charge in [0.05, 0.1) is 11.6 Å². The van der Waals surface area contributed by atoms with Crippen LogP contribution in [0.3, 0.4) is 0 Å². The number of carbonyl (C=O) groups excluding carboxylic acids is 1. The first kappa shape index (κ1) is 24.6. The largest absolute Gasteiger partial charge is 0.487 e. The number of ether oxygens (including phenoxy) is 1. The Hall–Kier alpha value is -3.72. The summed E-state index contributed by atoms with van der Waals surface area (Å²) in [4.78, 5) is 16.1. The molecule has 8 nitrogen and oxygen atoms in total. The first-order chi connectivity index (χ1) is 18.5. The summed E-state index contributed by atoms with van der Waals surface area (Å²) in [6, 6.07) is 12.8. The van der Waals surface area contributed by atoms with Crippen LogP contribution in [0, 0.1) is 11.2 Å². The fourth-order valence-corrected chi connectivity index (χ4v) is 5.94. The Morgan fingerprint density at radius 1 is 1.08 bits per heavy atom. The lowest BCUT2D eigenvalue weighted by molar-refractivity contribution is -0.135. The molecule has 2 aliphatic heterocycles. The fraction of sp³-hybridized carbons (Fsp3) is 0.414. The normalized spacial score (nSPS) is 18.5. The number of nitrogens with zero attached hydrogens (tertiary/aromatic N) is 5. The Kier molecular flexibility index (Phi) is 6.61. The number of nitrogens with one attached hydrogen (secondary N) is 1. The first-order valence-corrected chi connectivity index (χ1v) is 13.3. The lowest BCUT2D eigenvalue weighted by Gasteiger charge is -2.41. The number of fused-ring (bicyclic) bond motifs is 4. The molecule has 1 amide bonds. The number of para-hydroxylation sites is 1. The third kappa shape index (κ3) is 4.90. The minimum absolute atomic E-state index is 0.107. The number of rotatable bonds is 2. The molecule has 1 saturated heterocycles. The number of hydrogen-bond acceptors (Lipinski definition) is 5. The summed E-state index contributed by atoms with van der Waals surface area (Å²) in [6.07, 6.45) is 7.21. The van der Waals surface area contributed by atoms with Crippen LogP contribution in [0.25, 0.3) is 10.9 Å². The van der Waals surface area contributed by atoms with Crippen LogP contribution in [-0.2, 0) is 38.1 Å². The van der Waals surface area contributed by atoms with Gasteiger partial charge in [-0.3, -0.25) is 14.4 Å². The predicted molar refractivity (Wildman–Crippen MR) is 142 cm³/mol. The maximum absolute atomic E-state index is 14.0. The molecular weight excluding hydrogens is 483 g/mol. The number of hydrogen-bond donors (Lipinski definition) is 1. The second-order valence-electron chi connectivity index (χ2n) is 10.6. The number of aromatic nitrogens is 4. The molecule has 2 aromatic carbocycles. The van der Waals surface area contributed by atoms with Crippen LogP contribution in [0.1, 0.15) is 42.5 Å². The zero-order chi connectivity index (χ0) is 26.1. The van der Waals surface area contributed by atoms with Gasteiger partial charge in [0.25, 0.3) is 0 Å². The topological polar surface area (TPSA) is 77.2 Å². The lowest BCUT2D eigenvalue weighted by atomic mass is 9.73. The van der Waals surface area contributed by atoms with Gasteiger partial charge < -0.3 is 14.6 Å². The van der Waals surface area contributed by atoms with Crippen molar-refractivity contribution in [2.45, 2.75) is 51.9 Å². The van der Waals surface area contributed by atoms with E-state index in [1.807, 2.05) is 48.3 Å². The SMILES string of the molecule is Cn1cc(CN2CCC3(CCCn4cc(nn4)COc4ccccc4CNC3=O)CC2)c2cc(F)ccc21. The van der Waals surface area contributed by atoms with Crippen molar-refractivity contribution in [1.29, 1.82) is 0 Å². The average Bonchev–Trinajstić information content (AvgIpc) is 3.50. The zero-order valence-corrected chi connectivity index (χ0v) is 21.7. The van der Waals surface area contributed by atoms with Gasteiger partial charge in [0.1, 0.15) is 23.9 Å². The van der Waals surface area contributed by atoms with Crippen molar-refractivity contribution in [1.82, 2.24) is 29.8 Å². The highest BCUT2D eigenvalue weighted by molar-refractivity contribution is 5.84. The van der Waals surface area contributed by atoms with Crippen molar-refractivity contribution < 1.29 is 13.9 Å². The molecule has 0 radical (unpaired) electrons. The van der Waals surface area contributed by atoms with Crippen LogP contribution >= 0.6 is 0 Å². The van der Waals surface area contributed by atoms with E-state index in [1.165, 1.54) is 6.07 Å². The van der Waals surface area contributed by atoms with Crippen LogP contribution in [0.2, 0.25) is 0 Å². The molecule has 198 valence electrons. The Morgan fingerprint density at radius 3 is 2.79 bits per heavy atom. The predicted octanol–water partition coefficient (Wildman–Crippen LogP) is 4.18. The van der Waals surface area contributed by atoms with Crippen molar-refractivity contribution in [3.63, 3.8) is 0 Å². The van der Waals surface area contributed by atoms with Crippen LogP contribution in [0.5, 0.6) is 5.75 Å². The molecule has 0 aliphatic carbocycles. The van der Waals surface area contributed by atoms with E-state index in [-0.39, 0.29) is 11.7 Å². The van der Waals surface area contributed by atoms with Crippen LogP contribution < -0.4 is 10.1 Å². The van der Waals surface area contributed by atoms with Gasteiger partial charge in [-0.15, -0.1) is 5.10 Å². The van der Waals surface area contributed by atoms with Crippen molar-refractivity contribution in [2.24, 2.45) is 12.5 Å². The molecule has 4 heterocycles. The van der Waals surface area contributed by atoms with Gasteiger partial charge in [0.15, 0.2) is 0 Å². The molecule has 6 rings (SSSR count). The number of aryl methyl sites for hydroxylation is 2. The smallest absolute Gasteiger partial charge is 0.226 e. The van der Waals surface area contributed by atoms with E-state index in [2.05, 4.69) is 31.3 Å². The highest BCUT2D eigenvalue weighted by Gasteiger charge is 2.41. The van der Waals surface area contributed by atoms with Crippen molar-refractivity contribution in [2.75, 3.05) is 13.1 Å². The highest BCUT2D eigenvalue weighted by Crippen LogP contribution is 2.38. The number of benzene rings is 2. The molecule has 2 bridgehead atoms. The molecule has 1 fully saturated rings. The van der Waals surface area contributed by atoms with Crippen molar-refractivity contribution >= 4 is 16.8 Å². The third-order valence-electron chi connectivity index (χ3n) is 8.14. The van der Waals surface area contributed by atoms with E-state index < -0.39 is 5.41 Å². The average molecular weight is 517 g/mol. The second-order valence-corrected chi connectivity index (χ2v) is 10.6. The van der Waals surface area contributed by atoms with Crippen LogP contribution in [0.4, 0.5) is 4.39 Å². The van der Waals surface area contributed by atoms with Crippen molar-refractivity contribution in [3.8, 4) is 5.75 Å². The van der Waals surface area contributed by atoms with E-state index in [9.17, 15) is 9.18 Å². The Labute approximate surface area is 221 Å². The van der Waals surface area contributed by atoms with Gasteiger partial charge in [-0.05, 0) is 68.6 Å². The van der Waals surface area contributed by atoms with Gasteiger partial charge in [0, 0.05) is 49.3 Å². The molecule has 1 spiro atoms. The molecule has 9 heteroatoms. The molecule has 2 aromatic heterocycles. The number of halogens is 1. The molecule has 0 unspecified atom stereocenters. The van der Waals surface area contributed by atoms with E-state index in [1.54, 1.807) is 6.07 Å². The van der Waals surface area contributed by atoms with Gasteiger partial charge >= 0.3 is 0 Å². The maximum atomic E-state index is 14.0. The standard InChI is InChI=1S/C29H33FN6O2/c1-34-17-22(25-15-23(30)7-8-26(25)34)18-35-13-10-29(11-14-35)9-4-12-36-19-24(32-33-36)20-38-27-6-3-2-5-21(27)16-31-28(29)37/h2-3,5-8,15,17,19H,4,9-14,16,18,20H2,1H3,(H,31,37). The highest BCUT2D eigenvalue weighted by atomic mass is 19.1. The summed E-state index contributed by atoms with van der Waals surface area (Å²) < 4.78 is 23.9. The van der Waals surface area contributed by atoms with Crippen LogP contribution in [-0.4, -0.2) is 43.5 Å². The Morgan fingerprint density at radius 2 is 1.92 bits per heavy atom. The molecule has 4 aromatic rings. The van der Waals surface area contributed by atoms with Gasteiger partial charge in [-0.2, -0.15) is 0 Å². The van der Waals surface area contributed by atoms with Gasteiger partial charge in [-0.25, -0.2) is 4.39 Å². The summed E-state index contributed by atoms with van der Waals surface area (Å²) in [7, 11) is 2.00. The number of carbonyl (C=O) groups is 1. The lowest BCUT2D eigenvalue weighted by Crippen LogP contribution is -2.48.